The molecule has 0 aromatic carbocycles. The Morgan fingerprint density at radius 2 is 0.662 bits per heavy atom. The summed E-state index contributed by atoms with van der Waals surface area (Å²) in [5.74, 6) is -0.0457. The molecule has 0 aliphatic rings. The molecule has 0 radical (unpaired) electrons. The van der Waals surface area contributed by atoms with Crippen LogP contribution in [0.1, 0.15) is 367 Å². The van der Waals surface area contributed by atoms with E-state index in [4.69, 9.17) is 4.74 Å². The molecule has 0 saturated carbocycles. The Balaban J connectivity index is 3.44. The molecule has 0 aliphatic carbocycles. The molecule has 422 valence electrons. The van der Waals surface area contributed by atoms with Crippen molar-refractivity contribution in [3.63, 3.8) is 0 Å². The Morgan fingerprint density at radius 3 is 1.00 bits per heavy atom. The molecule has 0 saturated heterocycles. The second-order valence-electron chi connectivity index (χ2n) is 22.5. The topological polar surface area (TPSA) is 95.9 Å². The van der Waals surface area contributed by atoms with Crippen LogP contribution in [0.2, 0.25) is 0 Å². The number of amides is 1. The number of hydrogen-bond donors (Lipinski definition) is 3. The number of aliphatic hydroxyl groups excluding tert-OH is 2. The Bertz CT molecular complexity index is 1060. The minimum atomic E-state index is -0.675. The predicted molar refractivity (Wildman–Crippen MR) is 310 cm³/mol. The SMILES string of the molecule is CCCCCCCCCCCCCCCCCCCCCCCCC(O)C(CO)NC(=O)CCCCCCC/C=C\CCCCCCCCCOC(=O)CCCCCCCCCCCCCCCCCC. The van der Waals surface area contributed by atoms with Crippen molar-refractivity contribution in [2.45, 2.75) is 379 Å². The highest BCUT2D eigenvalue weighted by atomic mass is 16.5. The summed E-state index contributed by atoms with van der Waals surface area (Å²) < 4.78 is 5.49. The lowest BCUT2D eigenvalue weighted by Gasteiger charge is -2.22. The molecule has 0 aromatic rings. The third-order valence-electron chi connectivity index (χ3n) is 15.3. The second-order valence-corrected chi connectivity index (χ2v) is 22.5. The summed E-state index contributed by atoms with van der Waals surface area (Å²) in [6.45, 7) is 4.97. The van der Waals surface area contributed by atoms with Crippen molar-refractivity contribution in [3.05, 3.63) is 12.2 Å². The van der Waals surface area contributed by atoms with Crippen LogP contribution < -0.4 is 5.32 Å². The van der Waals surface area contributed by atoms with Gasteiger partial charge in [0, 0.05) is 12.8 Å². The third kappa shape index (κ3) is 57.7. The van der Waals surface area contributed by atoms with E-state index in [0.717, 1.165) is 64.2 Å². The Labute approximate surface area is 444 Å². The lowest BCUT2D eigenvalue weighted by molar-refractivity contribution is -0.143. The van der Waals surface area contributed by atoms with Crippen molar-refractivity contribution in [1.82, 2.24) is 5.32 Å². The number of hydrogen-bond acceptors (Lipinski definition) is 5. The summed E-state index contributed by atoms with van der Waals surface area (Å²) in [6, 6.07) is -0.554. The van der Waals surface area contributed by atoms with Gasteiger partial charge in [-0.2, -0.15) is 0 Å². The number of rotatable bonds is 61. The van der Waals surface area contributed by atoms with E-state index in [0.29, 0.717) is 25.9 Å². The third-order valence-corrected chi connectivity index (χ3v) is 15.3. The summed E-state index contributed by atoms with van der Waals surface area (Å²) in [7, 11) is 0. The van der Waals surface area contributed by atoms with Crippen molar-refractivity contribution in [2.75, 3.05) is 13.2 Å². The number of carbonyl (C=O) groups is 2. The highest BCUT2D eigenvalue weighted by Crippen LogP contribution is 2.18. The minimum Gasteiger partial charge on any atom is -0.466 e. The van der Waals surface area contributed by atoms with Gasteiger partial charge < -0.3 is 20.3 Å². The summed E-state index contributed by atoms with van der Waals surface area (Å²) in [5.41, 5.74) is 0. The molecular weight excluding hydrogens is 875 g/mol. The molecule has 0 bridgehead atoms. The predicted octanol–water partition coefficient (Wildman–Crippen LogP) is 20.4. The van der Waals surface area contributed by atoms with Crippen LogP contribution in [0.5, 0.6) is 0 Å². The molecule has 0 fully saturated rings. The molecule has 3 N–H and O–H groups in total. The van der Waals surface area contributed by atoms with Gasteiger partial charge in [-0.05, 0) is 51.4 Å². The molecule has 0 rings (SSSR count). The van der Waals surface area contributed by atoms with Gasteiger partial charge in [0.05, 0.1) is 25.4 Å². The maximum Gasteiger partial charge on any atom is 0.305 e. The number of allylic oxidation sites excluding steroid dienone is 2. The molecule has 2 atom stereocenters. The monoisotopic (exact) mass is 1000 g/mol. The fraction of sp³-hybridized carbons (Fsp3) is 0.938. The highest BCUT2D eigenvalue weighted by molar-refractivity contribution is 5.76. The van der Waals surface area contributed by atoms with E-state index in [1.807, 2.05) is 0 Å². The highest BCUT2D eigenvalue weighted by Gasteiger charge is 2.20. The standard InChI is InChI=1S/C65H127NO5/c1-3-5-7-9-11-13-15-17-19-21-22-23-24-25-26-29-33-37-41-45-49-53-57-63(68)62(61-67)66-64(69)58-54-50-46-42-38-34-30-27-28-32-36-40-44-48-52-56-60-71-65(70)59-55-51-47-43-39-35-31-20-18-16-14-12-10-8-6-4-2/h27,30,62-63,67-68H,3-26,28-29,31-61H2,1-2H3,(H,66,69)/b30-27-. The number of esters is 1. The van der Waals surface area contributed by atoms with Crippen LogP contribution in [0, 0.1) is 0 Å². The van der Waals surface area contributed by atoms with Crippen LogP contribution in [0.15, 0.2) is 12.2 Å². The zero-order chi connectivity index (χ0) is 51.4. The first kappa shape index (κ1) is 69.6. The van der Waals surface area contributed by atoms with Crippen molar-refractivity contribution >= 4 is 11.9 Å². The number of unbranched alkanes of at least 4 members (excludes halogenated alkanes) is 48. The van der Waals surface area contributed by atoms with Gasteiger partial charge in [-0.25, -0.2) is 0 Å². The van der Waals surface area contributed by atoms with Crippen molar-refractivity contribution in [3.8, 4) is 0 Å². The van der Waals surface area contributed by atoms with Gasteiger partial charge in [0.1, 0.15) is 0 Å². The van der Waals surface area contributed by atoms with Gasteiger partial charge in [0.2, 0.25) is 5.91 Å². The van der Waals surface area contributed by atoms with E-state index in [1.165, 1.54) is 270 Å². The van der Waals surface area contributed by atoms with E-state index in [1.54, 1.807) is 0 Å². The number of carbonyl (C=O) groups excluding carboxylic acids is 2. The Morgan fingerprint density at radius 1 is 0.380 bits per heavy atom. The molecule has 6 nitrogen and oxygen atoms in total. The molecule has 71 heavy (non-hydrogen) atoms. The van der Waals surface area contributed by atoms with E-state index in [2.05, 4.69) is 31.3 Å². The average Bonchev–Trinajstić information content (AvgIpc) is 3.37. The van der Waals surface area contributed by atoms with Crippen LogP contribution in [0.25, 0.3) is 0 Å². The molecule has 2 unspecified atom stereocenters. The number of aliphatic hydroxyl groups is 2. The molecule has 0 heterocycles. The maximum atomic E-state index is 12.5. The van der Waals surface area contributed by atoms with Gasteiger partial charge in [-0.15, -0.1) is 0 Å². The van der Waals surface area contributed by atoms with E-state index >= 15 is 0 Å². The van der Waals surface area contributed by atoms with Crippen LogP contribution in [0.3, 0.4) is 0 Å². The molecular formula is C65H127NO5. The average molecular weight is 1000 g/mol. The minimum absolute atomic E-state index is 0.00186. The van der Waals surface area contributed by atoms with Gasteiger partial charge in [0.25, 0.3) is 0 Å². The van der Waals surface area contributed by atoms with Gasteiger partial charge in [-0.1, -0.05) is 315 Å². The van der Waals surface area contributed by atoms with E-state index < -0.39 is 12.1 Å². The largest absolute Gasteiger partial charge is 0.466 e. The summed E-state index contributed by atoms with van der Waals surface area (Å²) in [5, 5.41) is 23.4. The van der Waals surface area contributed by atoms with E-state index in [-0.39, 0.29) is 18.5 Å². The van der Waals surface area contributed by atoms with Crippen LogP contribution >= 0.6 is 0 Å². The fourth-order valence-corrected chi connectivity index (χ4v) is 10.3. The van der Waals surface area contributed by atoms with Crippen LogP contribution in [0.4, 0.5) is 0 Å². The summed E-state index contributed by atoms with van der Waals surface area (Å²) >= 11 is 0. The molecule has 6 heteroatoms. The molecule has 0 spiro atoms. The van der Waals surface area contributed by atoms with Gasteiger partial charge >= 0.3 is 5.97 Å². The zero-order valence-corrected chi connectivity index (χ0v) is 48.2. The Hall–Kier alpha value is -1.40. The first-order valence-corrected chi connectivity index (χ1v) is 32.4. The summed E-state index contributed by atoms with van der Waals surface area (Å²) in [6.07, 6.45) is 73.7. The first-order chi connectivity index (χ1) is 35.0. The first-order valence-electron chi connectivity index (χ1n) is 32.4. The molecule has 0 aliphatic heterocycles. The second kappa shape index (κ2) is 61.1. The molecule has 0 aromatic heterocycles. The lowest BCUT2D eigenvalue weighted by Crippen LogP contribution is -2.45. The van der Waals surface area contributed by atoms with Crippen molar-refractivity contribution < 1.29 is 24.5 Å². The quantitative estimate of drug-likeness (QED) is 0.0320. The van der Waals surface area contributed by atoms with Crippen LogP contribution in [-0.4, -0.2) is 47.4 Å². The smallest absolute Gasteiger partial charge is 0.305 e. The number of ether oxygens (including phenoxy) is 1. The summed E-state index contributed by atoms with van der Waals surface area (Å²) in [4.78, 5) is 24.6. The van der Waals surface area contributed by atoms with Gasteiger partial charge in [-0.3, -0.25) is 9.59 Å². The van der Waals surface area contributed by atoms with Crippen molar-refractivity contribution in [2.24, 2.45) is 0 Å². The normalized spacial score (nSPS) is 12.6. The van der Waals surface area contributed by atoms with E-state index in [9.17, 15) is 19.8 Å². The maximum absolute atomic E-state index is 12.5. The number of nitrogens with one attached hydrogen (secondary N) is 1. The lowest BCUT2D eigenvalue weighted by atomic mass is 10.0. The zero-order valence-electron chi connectivity index (χ0n) is 48.2. The van der Waals surface area contributed by atoms with Crippen molar-refractivity contribution in [1.29, 1.82) is 0 Å². The van der Waals surface area contributed by atoms with Gasteiger partial charge in [0.15, 0.2) is 0 Å². The molecule has 1 amide bonds. The Kier molecular flexibility index (Phi) is 59.9. The van der Waals surface area contributed by atoms with Crippen LogP contribution in [-0.2, 0) is 14.3 Å². The fourth-order valence-electron chi connectivity index (χ4n) is 10.3.